The summed E-state index contributed by atoms with van der Waals surface area (Å²) in [6.45, 7) is 5.28. The summed E-state index contributed by atoms with van der Waals surface area (Å²) in [6, 6.07) is 0. The highest BCUT2D eigenvalue weighted by molar-refractivity contribution is 5.72. The molecular formula is C12H21NO5. The Hall–Kier alpha value is -1.30. The predicted octanol–water partition coefficient (Wildman–Crippen LogP) is 0.968. The van der Waals surface area contributed by atoms with Crippen LogP contribution in [0.4, 0.5) is 4.79 Å². The monoisotopic (exact) mass is 259 g/mol. The Kier molecular flexibility index (Phi) is 4.21. The molecule has 0 aromatic rings. The second-order valence-electron chi connectivity index (χ2n) is 5.58. The zero-order chi connectivity index (χ0) is 14.0. The van der Waals surface area contributed by atoms with E-state index in [1.165, 1.54) is 7.11 Å². The molecular weight excluding hydrogens is 238 g/mol. The maximum Gasteiger partial charge on any atom is 0.408 e. The minimum atomic E-state index is -0.947. The lowest BCUT2D eigenvalue weighted by Crippen LogP contribution is -2.48. The Morgan fingerprint density at radius 2 is 1.94 bits per heavy atom. The van der Waals surface area contributed by atoms with Crippen molar-refractivity contribution in [3.63, 3.8) is 0 Å². The second kappa shape index (κ2) is 5.14. The molecule has 0 saturated heterocycles. The van der Waals surface area contributed by atoms with E-state index in [1.807, 2.05) is 0 Å². The van der Waals surface area contributed by atoms with Gasteiger partial charge in [0.15, 0.2) is 0 Å². The Bertz CT molecular complexity index is 330. The number of ether oxygens (including phenoxy) is 2. The van der Waals surface area contributed by atoms with Crippen LogP contribution in [0.2, 0.25) is 0 Å². The van der Waals surface area contributed by atoms with Crippen LogP contribution in [-0.2, 0) is 14.3 Å². The van der Waals surface area contributed by atoms with Crippen molar-refractivity contribution in [3.05, 3.63) is 0 Å². The molecule has 1 fully saturated rings. The van der Waals surface area contributed by atoms with Crippen LogP contribution in [0.3, 0.4) is 0 Å². The number of nitrogens with one attached hydrogen (secondary N) is 1. The molecule has 1 rings (SSSR count). The number of amides is 1. The number of methoxy groups -OCH3 is 1. The first kappa shape index (κ1) is 14.8. The quantitative estimate of drug-likeness (QED) is 0.735. The van der Waals surface area contributed by atoms with E-state index in [2.05, 4.69) is 10.1 Å². The van der Waals surface area contributed by atoms with Gasteiger partial charge in [-0.25, -0.2) is 4.79 Å². The van der Waals surface area contributed by atoms with Gasteiger partial charge in [-0.15, -0.1) is 0 Å². The number of alkyl carbamates (subject to hydrolysis) is 1. The number of carbonyl (C=O) groups is 2. The van der Waals surface area contributed by atoms with Crippen molar-refractivity contribution in [1.82, 2.24) is 5.32 Å². The highest BCUT2D eigenvalue weighted by Crippen LogP contribution is 2.40. The lowest BCUT2D eigenvalue weighted by molar-refractivity contribution is -0.143. The van der Waals surface area contributed by atoms with Crippen LogP contribution in [0.15, 0.2) is 0 Å². The largest absolute Gasteiger partial charge is 0.469 e. The molecule has 0 aromatic carbocycles. The summed E-state index contributed by atoms with van der Waals surface area (Å²) < 4.78 is 9.60. The van der Waals surface area contributed by atoms with Gasteiger partial charge in [0.2, 0.25) is 0 Å². The summed E-state index contributed by atoms with van der Waals surface area (Å²) in [5, 5.41) is 12.6. The number of hydrogen-bond acceptors (Lipinski definition) is 5. The molecule has 1 unspecified atom stereocenters. The molecule has 1 amide bonds. The second-order valence-corrected chi connectivity index (χ2v) is 5.58. The van der Waals surface area contributed by atoms with Crippen LogP contribution < -0.4 is 5.32 Å². The van der Waals surface area contributed by atoms with Crippen molar-refractivity contribution in [3.8, 4) is 0 Å². The number of aliphatic hydroxyl groups is 1. The molecule has 18 heavy (non-hydrogen) atoms. The van der Waals surface area contributed by atoms with Crippen LogP contribution in [0.1, 0.15) is 40.0 Å². The van der Waals surface area contributed by atoms with E-state index < -0.39 is 29.3 Å². The van der Waals surface area contributed by atoms with Gasteiger partial charge in [0.25, 0.3) is 0 Å². The first-order chi connectivity index (χ1) is 8.18. The van der Waals surface area contributed by atoms with Gasteiger partial charge < -0.3 is 19.9 Å². The van der Waals surface area contributed by atoms with Gasteiger partial charge in [-0.1, -0.05) is 0 Å². The van der Waals surface area contributed by atoms with Crippen molar-refractivity contribution in [2.45, 2.75) is 57.3 Å². The average Bonchev–Trinajstić information content (AvgIpc) is 2.95. The molecule has 0 spiro atoms. The maximum atomic E-state index is 11.6. The lowest BCUT2D eigenvalue weighted by atomic mass is 10.1. The zero-order valence-electron chi connectivity index (χ0n) is 11.3. The van der Waals surface area contributed by atoms with Gasteiger partial charge in [-0.05, 0) is 33.6 Å². The summed E-state index contributed by atoms with van der Waals surface area (Å²) in [6.07, 6.45) is -0.400. The fourth-order valence-electron chi connectivity index (χ4n) is 1.62. The van der Waals surface area contributed by atoms with Gasteiger partial charge in [-0.3, -0.25) is 4.79 Å². The minimum absolute atomic E-state index is 0.133. The fourth-order valence-corrected chi connectivity index (χ4v) is 1.62. The van der Waals surface area contributed by atoms with Crippen LogP contribution in [0, 0.1) is 0 Å². The summed E-state index contributed by atoms with van der Waals surface area (Å²) in [4.78, 5) is 22.7. The zero-order valence-corrected chi connectivity index (χ0v) is 11.3. The Morgan fingerprint density at radius 1 is 1.39 bits per heavy atom. The number of esters is 1. The van der Waals surface area contributed by atoms with Crippen LogP contribution in [0.5, 0.6) is 0 Å². The van der Waals surface area contributed by atoms with E-state index >= 15 is 0 Å². The Balaban J connectivity index is 2.50. The van der Waals surface area contributed by atoms with Gasteiger partial charge in [0.05, 0.1) is 25.2 Å². The summed E-state index contributed by atoms with van der Waals surface area (Å²) in [5.74, 6) is -0.500. The molecule has 104 valence electrons. The van der Waals surface area contributed by atoms with E-state index in [-0.39, 0.29) is 6.42 Å². The summed E-state index contributed by atoms with van der Waals surface area (Å²) in [5.41, 5.74) is -1.33. The predicted molar refractivity (Wildman–Crippen MR) is 64.0 cm³/mol. The highest BCUT2D eigenvalue weighted by Gasteiger charge is 2.51. The number of hydrogen-bond donors (Lipinski definition) is 2. The third-order valence-electron chi connectivity index (χ3n) is 2.76. The molecule has 6 heteroatoms. The van der Waals surface area contributed by atoms with E-state index in [0.717, 1.165) is 0 Å². The number of aliphatic hydroxyl groups excluding tert-OH is 1. The molecule has 1 saturated carbocycles. The van der Waals surface area contributed by atoms with Gasteiger partial charge in [0.1, 0.15) is 5.60 Å². The van der Waals surface area contributed by atoms with Gasteiger partial charge >= 0.3 is 12.1 Å². The summed E-state index contributed by atoms with van der Waals surface area (Å²) in [7, 11) is 1.26. The molecule has 0 radical (unpaired) electrons. The first-order valence-corrected chi connectivity index (χ1v) is 5.94. The minimum Gasteiger partial charge on any atom is -0.469 e. The third-order valence-corrected chi connectivity index (χ3v) is 2.76. The van der Waals surface area contributed by atoms with Crippen LogP contribution in [0.25, 0.3) is 0 Å². The molecule has 0 aliphatic heterocycles. The molecule has 0 bridgehead atoms. The van der Waals surface area contributed by atoms with Crippen molar-refractivity contribution in [2.75, 3.05) is 7.11 Å². The molecule has 1 aliphatic rings. The molecule has 0 heterocycles. The number of carbonyl (C=O) groups excluding carboxylic acids is 2. The highest BCUT2D eigenvalue weighted by atomic mass is 16.6. The molecule has 1 aliphatic carbocycles. The smallest absolute Gasteiger partial charge is 0.408 e. The Labute approximate surface area is 107 Å². The summed E-state index contributed by atoms with van der Waals surface area (Å²) >= 11 is 0. The molecule has 0 aromatic heterocycles. The SMILES string of the molecule is COC(=O)CC(O)C1(NC(=O)OC(C)(C)C)CC1. The fraction of sp³-hybridized carbons (Fsp3) is 0.833. The van der Waals surface area contributed by atoms with Gasteiger partial charge in [0, 0.05) is 0 Å². The lowest BCUT2D eigenvalue weighted by Gasteiger charge is -2.26. The molecule has 1 atom stereocenters. The topological polar surface area (TPSA) is 84.9 Å². The normalized spacial score (nSPS) is 18.7. The van der Waals surface area contributed by atoms with Gasteiger partial charge in [-0.2, -0.15) is 0 Å². The van der Waals surface area contributed by atoms with E-state index in [0.29, 0.717) is 12.8 Å². The van der Waals surface area contributed by atoms with Crippen LogP contribution >= 0.6 is 0 Å². The van der Waals surface area contributed by atoms with Crippen molar-refractivity contribution < 1.29 is 24.2 Å². The Morgan fingerprint density at radius 3 is 2.33 bits per heavy atom. The standard InChI is InChI=1S/C12H21NO5/c1-11(2,3)18-10(16)13-12(5-6-12)8(14)7-9(15)17-4/h8,14H,5-7H2,1-4H3,(H,13,16). The first-order valence-electron chi connectivity index (χ1n) is 5.94. The van der Waals surface area contributed by atoms with E-state index in [4.69, 9.17) is 4.74 Å². The van der Waals surface area contributed by atoms with E-state index in [1.54, 1.807) is 20.8 Å². The van der Waals surface area contributed by atoms with Crippen LogP contribution in [-0.4, -0.2) is 41.5 Å². The average molecular weight is 259 g/mol. The molecule has 6 nitrogen and oxygen atoms in total. The van der Waals surface area contributed by atoms with Crippen molar-refractivity contribution in [2.24, 2.45) is 0 Å². The molecule has 2 N–H and O–H groups in total. The third kappa shape index (κ3) is 4.18. The van der Waals surface area contributed by atoms with E-state index in [9.17, 15) is 14.7 Å². The number of rotatable bonds is 4. The maximum absolute atomic E-state index is 11.6. The van der Waals surface area contributed by atoms with Crippen molar-refractivity contribution >= 4 is 12.1 Å². The van der Waals surface area contributed by atoms with Crippen molar-refractivity contribution in [1.29, 1.82) is 0 Å².